The lowest BCUT2D eigenvalue weighted by Gasteiger charge is -2.22. The average Bonchev–Trinajstić information content (AvgIpc) is 2.29. The van der Waals surface area contributed by atoms with Crippen molar-refractivity contribution < 1.29 is 9.47 Å². The van der Waals surface area contributed by atoms with E-state index in [-0.39, 0.29) is 6.04 Å². The Hall–Kier alpha value is -1.87. The van der Waals surface area contributed by atoms with Crippen molar-refractivity contribution in [1.82, 2.24) is 0 Å². The van der Waals surface area contributed by atoms with E-state index in [0.29, 0.717) is 13.0 Å². The summed E-state index contributed by atoms with van der Waals surface area (Å²) in [5, 5.41) is 3.75. The van der Waals surface area contributed by atoms with E-state index >= 15 is 0 Å². The molecule has 0 N–H and O–H groups in total. The van der Waals surface area contributed by atoms with Crippen molar-refractivity contribution in [2.45, 2.75) is 12.5 Å². The van der Waals surface area contributed by atoms with Crippen molar-refractivity contribution in [1.29, 1.82) is 0 Å². The standard InChI is InChI=1S/C10H11N3O2/c1-14-7-2-3-10-8(6-7)9(12-13-11)4-5-15-10/h2-3,6,9H,4-5H2,1H3/t9-/m0/s1. The lowest BCUT2D eigenvalue weighted by molar-refractivity contribution is 0.268. The maximum atomic E-state index is 8.46. The van der Waals surface area contributed by atoms with Crippen molar-refractivity contribution >= 4 is 0 Å². The Bertz CT molecular complexity index is 413. The van der Waals surface area contributed by atoms with Crippen LogP contribution in [-0.4, -0.2) is 13.7 Å². The molecule has 0 radical (unpaired) electrons. The number of rotatable bonds is 2. The fraction of sp³-hybridized carbons (Fsp3) is 0.400. The van der Waals surface area contributed by atoms with Crippen LogP contribution in [0, 0.1) is 0 Å². The Labute approximate surface area is 87.2 Å². The Morgan fingerprint density at radius 2 is 2.47 bits per heavy atom. The zero-order valence-corrected chi connectivity index (χ0v) is 8.38. The molecule has 1 aliphatic heterocycles. The van der Waals surface area contributed by atoms with Gasteiger partial charge in [-0.3, -0.25) is 0 Å². The van der Waals surface area contributed by atoms with Gasteiger partial charge in [-0.05, 0) is 30.2 Å². The third-order valence-corrected chi connectivity index (χ3v) is 2.42. The number of fused-ring (bicyclic) bond motifs is 1. The van der Waals surface area contributed by atoms with E-state index in [2.05, 4.69) is 10.0 Å². The summed E-state index contributed by atoms with van der Waals surface area (Å²) in [5.74, 6) is 1.52. The second-order valence-corrected chi connectivity index (χ2v) is 3.26. The van der Waals surface area contributed by atoms with Crippen LogP contribution in [0.4, 0.5) is 0 Å². The molecule has 2 rings (SSSR count). The summed E-state index contributed by atoms with van der Waals surface area (Å²) in [4.78, 5) is 2.84. The molecule has 1 aliphatic rings. The van der Waals surface area contributed by atoms with E-state index < -0.39 is 0 Å². The van der Waals surface area contributed by atoms with Gasteiger partial charge >= 0.3 is 0 Å². The smallest absolute Gasteiger partial charge is 0.123 e. The lowest BCUT2D eigenvalue weighted by Crippen LogP contribution is -2.12. The number of nitrogens with zero attached hydrogens (tertiary/aromatic N) is 3. The molecule has 0 aromatic heterocycles. The molecule has 0 aliphatic carbocycles. The van der Waals surface area contributed by atoms with Crippen molar-refractivity contribution in [3.63, 3.8) is 0 Å². The zero-order chi connectivity index (χ0) is 10.7. The van der Waals surface area contributed by atoms with Crippen molar-refractivity contribution in [3.8, 4) is 11.5 Å². The molecule has 15 heavy (non-hydrogen) atoms. The summed E-state index contributed by atoms with van der Waals surface area (Å²) in [6.07, 6.45) is 0.713. The second kappa shape index (κ2) is 4.11. The average molecular weight is 205 g/mol. The van der Waals surface area contributed by atoms with Gasteiger partial charge in [0.1, 0.15) is 11.5 Å². The molecule has 1 aromatic rings. The summed E-state index contributed by atoms with van der Waals surface area (Å²) in [5.41, 5.74) is 9.36. The number of benzene rings is 1. The first-order valence-electron chi connectivity index (χ1n) is 4.70. The number of hydrogen-bond donors (Lipinski definition) is 0. The monoisotopic (exact) mass is 205 g/mol. The number of ether oxygens (including phenoxy) is 2. The summed E-state index contributed by atoms with van der Waals surface area (Å²) in [6, 6.07) is 5.38. The van der Waals surface area contributed by atoms with E-state index in [0.717, 1.165) is 17.1 Å². The van der Waals surface area contributed by atoms with Crippen molar-refractivity contribution in [2.75, 3.05) is 13.7 Å². The summed E-state index contributed by atoms with van der Waals surface area (Å²) >= 11 is 0. The summed E-state index contributed by atoms with van der Waals surface area (Å²) in [7, 11) is 1.61. The van der Waals surface area contributed by atoms with Gasteiger partial charge in [0, 0.05) is 10.5 Å². The maximum absolute atomic E-state index is 8.46. The first-order chi connectivity index (χ1) is 7.35. The minimum Gasteiger partial charge on any atom is -0.497 e. The number of azide groups is 1. The van der Waals surface area contributed by atoms with Gasteiger partial charge < -0.3 is 9.47 Å². The molecular formula is C10H11N3O2. The molecule has 0 saturated heterocycles. The molecule has 1 heterocycles. The van der Waals surface area contributed by atoms with E-state index in [1.807, 2.05) is 18.2 Å². The van der Waals surface area contributed by atoms with Crippen LogP contribution in [0.3, 0.4) is 0 Å². The Morgan fingerprint density at radius 1 is 1.60 bits per heavy atom. The number of methoxy groups -OCH3 is 1. The first-order valence-corrected chi connectivity index (χ1v) is 4.70. The molecule has 5 nitrogen and oxygen atoms in total. The minimum absolute atomic E-state index is 0.145. The van der Waals surface area contributed by atoms with Gasteiger partial charge in [-0.25, -0.2) is 0 Å². The highest BCUT2D eigenvalue weighted by atomic mass is 16.5. The molecule has 0 saturated carbocycles. The largest absolute Gasteiger partial charge is 0.497 e. The summed E-state index contributed by atoms with van der Waals surface area (Å²) < 4.78 is 10.6. The van der Waals surface area contributed by atoms with Crippen LogP contribution in [0.15, 0.2) is 23.3 Å². The highest BCUT2D eigenvalue weighted by Gasteiger charge is 2.20. The van der Waals surface area contributed by atoms with Crippen molar-refractivity contribution in [3.05, 3.63) is 34.2 Å². The molecule has 0 spiro atoms. The quantitative estimate of drug-likeness (QED) is 0.423. The van der Waals surface area contributed by atoms with Crippen molar-refractivity contribution in [2.24, 2.45) is 5.11 Å². The normalized spacial score (nSPS) is 18.3. The predicted molar refractivity (Wildman–Crippen MR) is 55.0 cm³/mol. The third-order valence-electron chi connectivity index (χ3n) is 2.42. The van der Waals surface area contributed by atoms with Gasteiger partial charge in [0.2, 0.25) is 0 Å². The fourth-order valence-corrected chi connectivity index (χ4v) is 1.66. The molecule has 0 bridgehead atoms. The van der Waals surface area contributed by atoms with Gasteiger partial charge in [0.25, 0.3) is 0 Å². The van der Waals surface area contributed by atoms with Crippen LogP contribution in [0.5, 0.6) is 11.5 Å². The van der Waals surface area contributed by atoms with Gasteiger partial charge in [0.05, 0.1) is 19.8 Å². The molecule has 5 heteroatoms. The molecular weight excluding hydrogens is 194 g/mol. The van der Waals surface area contributed by atoms with E-state index in [4.69, 9.17) is 15.0 Å². The molecule has 1 aromatic carbocycles. The molecule has 0 unspecified atom stereocenters. The van der Waals surface area contributed by atoms with Crippen LogP contribution in [0.2, 0.25) is 0 Å². The van der Waals surface area contributed by atoms with Gasteiger partial charge in [-0.2, -0.15) is 0 Å². The van der Waals surface area contributed by atoms with E-state index in [1.54, 1.807) is 7.11 Å². The fourth-order valence-electron chi connectivity index (χ4n) is 1.66. The Kier molecular flexibility index (Phi) is 2.65. The van der Waals surface area contributed by atoms with Gasteiger partial charge in [0.15, 0.2) is 0 Å². The molecule has 1 atom stereocenters. The zero-order valence-electron chi connectivity index (χ0n) is 8.38. The molecule has 0 amide bonds. The van der Waals surface area contributed by atoms with Crippen LogP contribution < -0.4 is 9.47 Å². The first kappa shape index (κ1) is 9.68. The highest BCUT2D eigenvalue weighted by molar-refractivity contribution is 5.43. The van der Waals surface area contributed by atoms with Gasteiger partial charge in [-0.15, -0.1) is 0 Å². The SMILES string of the molecule is COc1ccc2c(c1)[C@@H](N=[N+]=[N-])CCO2. The highest BCUT2D eigenvalue weighted by Crippen LogP contribution is 2.36. The van der Waals surface area contributed by atoms with Gasteiger partial charge in [-0.1, -0.05) is 5.11 Å². The van der Waals surface area contributed by atoms with Crippen LogP contribution in [0.1, 0.15) is 18.0 Å². The maximum Gasteiger partial charge on any atom is 0.123 e. The minimum atomic E-state index is -0.145. The topological polar surface area (TPSA) is 67.2 Å². The van der Waals surface area contributed by atoms with E-state index in [1.165, 1.54) is 0 Å². The Balaban J connectivity index is 2.43. The van der Waals surface area contributed by atoms with E-state index in [9.17, 15) is 0 Å². The molecule has 0 fully saturated rings. The third kappa shape index (κ3) is 1.82. The lowest BCUT2D eigenvalue weighted by atomic mass is 10.0. The van der Waals surface area contributed by atoms with Crippen LogP contribution in [-0.2, 0) is 0 Å². The Morgan fingerprint density at radius 3 is 3.20 bits per heavy atom. The predicted octanol–water partition coefficient (Wildman–Crippen LogP) is 2.83. The van der Waals surface area contributed by atoms with Crippen LogP contribution in [0.25, 0.3) is 10.4 Å². The second-order valence-electron chi connectivity index (χ2n) is 3.26. The summed E-state index contributed by atoms with van der Waals surface area (Å²) in [6.45, 7) is 0.586. The number of hydrogen-bond acceptors (Lipinski definition) is 3. The molecule has 78 valence electrons. The van der Waals surface area contributed by atoms with Crippen LogP contribution >= 0.6 is 0 Å².